The summed E-state index contributed by atoms with van der Waals surface area (Å²) in [6.45, 7) is 0. The van der Waals surface area contributed by atoms with E-state index in [0.29, 0.717) is 5.82 Å². The molecule has 2 aromatic heterocycles. The van der Waals surface area contributed by atoms with Crippen molar-refractivity contribution in [1.29, 1.82) is 0 Å². The van der Waals surface area contributed by atoms with Crippen LogP contribution in [0.1, 0.15) is 0 Å². The number of nitrogens with zero attached hydrogens (tertiary/aromatic N) is 3. The highest BCUT2D eigenvalue weighted by Crippen LogP contribution is 2.34. The highest BCUT2D eigenvalue weighted by molar-refractivity contribution is 5.80. The van der Waals surface area contributed by atoms with E-state index in [1.807, 2.05) is 48.5 Å². The number of benzene rings is 7. The molecule has 0 N–H and O–H groups in total. The lowest BCUT2D eigenvalue weighted by Crippen LogP contribution is -1.95. The monoisotopic (exact) mass is 689 g/mol. The Labute approximate surface area is 316 Å². The van der Waals surface area contributed by atoms with Crippen LogP contribution in [-0.2, 0) is 0 Å². The maximum atomic E-state index is 5.05. The van der Waals surface area contributed by atoms with Gasteiger partial charge in [-0.1, -0.05) is 188 Å². The first-order valence-corrected chi connectivity index (χ1v) is 18.2. The maximum absolute atomic E-state index is 5.05. The second kappa shape index (κ2) is 14.8. The number of rotatable bonds is 8. The summed E-state index contributed by atoms with van der Waals surface area (Å²) in [6, 6.07) is 74.0. The molecular weight excluding hydrogens is 655 g/mol. The van der Waals surface area contributed by atoms with E-state index in [-0.39, 0.29) is 0 Å². The predicted octanol–water partition coefficient (Wildman–Crippen LogP) is 13.2. The molecule has 0 unspecified atom stereocenters. The van der Waals surface area contributed by atoms with Gasteiger partial charge >= 0.3 is 0 Å². The minimum atomic E-state index is 0.715. The van der Waals surface area contributed by atoms with Crippen molar-refractivity contribution < 1.29 is 0 Å². The number of pyridine rings is 1. The molecule has 0 radical (unpaired) electrons. The van der Waals surface area contributed by atoms with Gasteiger partial charge in [-0.05, 0) is 57.6 Å². The summed E-state index contributed by atoms with van der Waals surface area (Å²) in [6.07, 6.45) is 0. The van der Waals surface area contributed by atoms with Crippen molar-refractivity contribution in [1.82, 2.24) is 15.0 Å². The Morgan fingerprint density at radius 2 is 0.500 bits per heavy atom. The quantitative estimate of drug-likeness (QED) is 0.159. The smallest absolute Gasteiger partial charge is 0.160 e. The van der Waals surface area contributed by atoms with Crippen molar-refractivity contribution in [2.75, 3.05) is 0 Å². The molecule has 3 nitrogen and oxygen atoms in total. The Balaban J connectivity index is 1.00. The summed E-state index contributed by atoms with van der Waals surface area (Å²) in [5.41, 5.74) is 16.0. The number of hydrogen-bond acceptors (Lipinski definition) is 3. The Morgan fingerprint density at radius 1 is 0.185 bits per heavy atom. The number of aromatic nitrogens is 3. The molecule has 254 valence electrons. The van der Waals surface area contributed by atoms with E-state index in [9.17, 15) is 0 Å². The zero-order chi connectivity index (χ0) is 36.1. The molecule has 7 aromatic carbocycles. The van der Waals surface area contributed by atoms with Crippen molar-refractivity contribution in [3.8, 4) is 89.8 Å². The summed E-state index contributed by atoms with van der Waals surface area (Å²) in [7, 11) is 0. The molecule has 0 amide bonds. The lowest BCUT2D eigenvalue weighted by Gasteiger charge is -2.12. The van der Waals surface area contributed by atoms with E-state index in [2.05, 4.69) is 164 Å². The Morgan fingerprint density at radius 3 is 0.926 bits per heavy atom. The third-order valence-corrected chi connectivity index (χ3v) is 9.72. The van der Waals surface area contributed by atoms with Crippen molar-refractivity contribution in [3.05, 3.63) is 212 Å². The molecule has 0 saturated heterocycles. The topological polar surface area (TPSA) is 38.7 Å². The fourth-order valence-corrected chi connectivity index (χ4v) is 6.85. The first-order chi connectivity index (χ1) is 26.7. The standard InChI is InChI=1S/C51H35N3/c1-5-14-39(15-6-1)47-33-46(34-48(52-47)40-16-7-2-8-17-40)38-26-24-36(25-27-38)44-22-13-23-45(32-44)37-28-30-42(31-29-37)50-35-49(41-18-9-3-10-19-41)53-51(54-50)43-20-11-4-12-21-43/h1-35H. The van der Waals surface area contributed by atoms with Gasteiger partial charge in [-0.2, -0.15) is 0 Å². The molecule has 2 heterocycles. The van der Waals surface area contributed by atoms with E-state index in [1.54, 1.807) is 0 Å². The maximum Gasteiger partial charge on any atom is 0.160 e. The van der Waals surface area contributed by atoms with Gasteiger partial charge in [0.1, 0.15) is 0 Å². The van der Waals surface area contributed by atoms with Gasteiger partial charge < -0.3 is 0 Å². The first-order valence-electron chi connectivity index (χ1n) is 18.2. The average Bonchev–Trinajstić information content (AvgIpc) is 3.27. The molecule has 0 fully saturated rings. The van der Waals surface area contributed by atoms with Crippen LogP contribution in [0.15, 0.2) is 212 Å². The van der Waals surface area contributed by atoms with E-state index in [4.69, 9.17) is 15.0 Å². The average molecular weight is 690 g/mol. The summed E-state index contributed by atoms with van der Waals surface area (Å²) >= 11 is 0. The first kappa shape index (κ1) is 32.7. The molecule has 0 aliphatic rings. The van der Waals surface area contributed by atoms with Gasteiger partial charge in [0.25, 0.3) is 0 Å². The molecule has 54 heavy (non-hydrogen) atoms. The van der Waals surface area contributed by atoms with Gasteiger partial charge in [-0.15, -0.1) is 0 Å². The molecule has 0 atom stereocenters. The van der Waals surface area contributed by atoms with Crippen LogP contribution in [0, 0.1) is 0 Å². The van der Waals surface area contributed by atoms with Gasteiger partial charge in [-0.3, -0.25) is 0 Å². The molecule has 9 rings (SSSR count). The lowest BCUT2D eigenvalue weighted by atomic mass is 9.95. The third kappa shape index (κ3) is 6.99. The van der Waals surface area contributed by atoms with Gasteiger partial charge in [0.15, 0.2) is 5.82 Å². The Hall–Kier alpha value is -7.23. The minimum absolute atomic E-state index is 0.715. The molecular formula is C51H35N3. The second-order valence-corrected chi connectivity index (χ2v) is 13.3. The zero-order valence-corrected chi connectivity index (χ0v) is 29.5. The zero-order valence-electron chi connectivity index (χ0n) is 29.5. The SMILES string of the molecule is c1ccc(-c2cc(-c3ccc(-c4cccc(-c5ccc(-c6cc(-c7ccccc7)nc(-c7ccccc7)n6)cc5)c4)cc3)cc(-c3ccccc3)n2)cc1. The van der Waals surface area contributed by atoms with Crippen LogP contribution in [0.25, 0.3) is 89.8 Å². The summed E-state index contributed by atoms with van der Waals surface area (Å²) in [5.74, 6) is 0.715. The fourth-order valence-electron chi connectivity index (χ4n) is 6.85. The van der Waals surface area contributed by atoms with Crippen molar-refractivity contribution in [2.45, 2.75) is 0 Å². The van der Waals surface area contributed by atoms with E-state index in [1.165, 1.54) is 11.1 Å². The second-order valence-electron chi connectivity index (χ2n) is 13.3. The minimum Gasteiger partial charge on any atom is -0.248 e. The van der Waals surface area contributed by atoms with Crippen LogP contribution >= 0.6 is 0 Å². The Bertz CT molecular complexity index is 2350. The van der Waals surface area contributed by atoms with Crippen LogP contribution < -0.4 is 0 Å². The van der Waals surface area contributed by atoms with E-state index < -0.39 is 0 Å². The number of hydrogen-bond donors (Lipinski definition) is 0. The third-order valence-electron chi connectivity index (χ3n) is 9.72. The predicted molar refractivity (Wildman–Crippen MR) is 223 cm³/mol. The van der Waals surface area contributed by atoms with Crippen molar-refractivity contribution >= 4 is 0 Å². The fraction of sp³-hybridized carbons (Fsp3) is 0. The lowest BCUT2D eigenvalue weighted by molar-refractivity contribution is 1.18. The van der Waals surface area contributed by atoms with Crippen LogP contribution in [0.3, 0.4) is 0 Å². The van der Waals surface area contributed by atoms with Gasteiger partial charge in [0.2, 0.25) is 0 Å². The van der Waals surface area contributed by atoms with Gasteiger partial charge in [-0.25, -0.2) is 15.0 Å². The molecule has 0 aliphatic heterocycles. The Kier molecular flexibility index (Phi) is 8.94. The van der Waals surface area contributed by atoms with Crippen molar-refractivity contribution in [3.63, 3.8) is 0 Å². The molecule has 0 saturated carbocycles. The molecule has 9 aromatic rings. The van der Waals surface area contributed by atoms with Crippen LogP contribution in [-0.4, -0.2) is 15.0 Å². The molecule has 3 heteroatoms. The van der Waals surface area contributed by atoms with E-state index in [0.717, 1.165) is 72.8 Å². The molecule has 0 aliphatic carbocycles. The molecule has 0 bridgehead atoms. The normalized spacial score (nSPS) is 11.0. The highest BCUT2D eigenvalue weighted by Gasteiger charge is 2.12. The van der Waals surface area contributed by atoms with Gasteiger partial charge in [0.05, 0.1) is 22.8 Å². The largest absolute Gasteiger partial charge is 0.248 e. The highest BCUT2D eigenvalue weighted by atomic mass is 14.9. The van der Waals surface area contributed by atoms with Crippen molar-refractivity contribution in [2.24, 2.45) is 0 Å². The van der Waals surface area contributed by atoms with Crippen LogP contribution in [0.2, 0.25) is 0 Å². The summed E-state index contributed by atoms with van der Waals surface area (Å²) in [4.78, 5) is 15.0. The van der Waals surface area contributed by atoms with Crippen LogP contribution in [0.5, 0.6) is 0 Å². The van der Waals surface area contributed by atoms with Gasteiger partial charge in [0, 0.05) is 27.8 Å². The summed E-state index contributed by atoms with van der Waals surface area (Å²) in [5, 5.41) is 0. The van der Waals surface area contributed by atoms with E-state index >= 15 is 0 Å². The van der Waals surface area contributed by atoms with Crippen LogP contribution in [0.4, 0.5) is 0 Å². The summed E-state index contributed by atoms with van der Waals surface area (Å²) < 4.78 is 0. The molecule has 0 spiro atoms.